The van der Waals surface area contributed by atoms with Gasteiger partial charge in [0.15, 0.2) is 11.5 Å². The molecule has 0 unspecified atom stereocenters. The van der Waals surface area contributed by atoms with E-state index in [-0.39, 0.29) is 6.10 Å². The zero-order valence-electron chi connectivity index (χ0n) is 13.0. The minimum atomic E-state index is 0.173. The number of halogens is 2. The third-order valence-electron chi connectivity index (χ3n) is 3.83. The third-order valence-corrected chi connectivity index (χ3v) is 4.30. The van der Waals surface area contributed by atoms with E-state index in [4.69, 9.17) is 32.7 Å². The van der Waals surface area contributed by atoms with Gasteiger partial charge in [0.05, 0.1) is 0 Å². The molecule has 0 spiro atoms. The molecule has 0 aromatic heterocycles. The molecule has 0 saturated carbocycles. The van der Waals surface area contributed by atoms with Crippen LogP contribution < -0.4 is 9.47 Å². The molecule has 122 valence electrons. The van der Waals surface area contributed by atoms with E-state index in [1.54, 1.807) is 0 Å². The summed E-state index contributed by atoms with van der Waals surface area (Å²) in [5.74, 6) is 1.39. The predicted octanol–water partition coefficient (Wildman–Crippen LogP) is 4.66. The van der Waals surface area contributed by atoms with Gasteiger partial charge in [-0.15, -0.1) is 0 Å². The zero-order valence-corrected chi connectivity index (χ0v) is 14.5. The van der Waals surface area contributed by atoms with Gasteiger partial charge in [0.1, 0.15) is 12.7 Å². The molecule has 2 aromatic carbocycles. The molecule has 0 radical (unpaired) electrons. The first-order chi connectivity index (χ1) is 11.1. The number of hydrogen-bond acceptors (Lipinski definition) is 3. The van der Waals surface area contributed by atoms with Crippen LogP contribution in [-0.2, 0) is 6.61 Å². The van der Waals surface area contributed by atoms with Gasteiger partial charge < -0.3 is 14.4 Å². The highest BCUT2D eigenvalue weighted by atomic mass is 35.5. The van der Waals surface area contributed by atoms with E-state index < -0.39 is 0 Å². The largest absolute Gasteiger partial charge is 0.485 e. The summed E-state index contributed by atoms with van der Waals surface area (Å²) in [5, 5.41) is 1.34. The maximum Gasteiger partial charge on any atom is 0.163 e. The molecule has 2 aromatic rings. The molecule has 1 heterocycles. The Balaban J connectivity index is 1.71. The number of likely N-dealkylation sites (N-methyl/N-ethyl adjacent to an activating group) is 1. The van der Waals surface area contributed by atoms with Crippen LogP contribution in [0.1, 0.15) is 12.0 Å². The van der Waals surface area contributed by atoms with Crippen LogP contribution in [0.15, 0.2) is 42.5 Å². The van der Waals surface area contributed by atoms with Crippen LogP contribution in [0.5, 0.6) is 11.5 Å². The summed E-state index contributed by atoms with van der Waals surface area (Å²) in [6.07, 6.45) is 1.18. The lowest BCUT2D eigenvalue weighted by molar-refractivity contribution is 0.192. The fraction of sp³-hybridized carbons (Fsp3) is 0.333. The summed E-state index contributed by atoms with van der Waals surface area (Å²) in [5.41, 5.74) is 1.01. The van der Waals surface area contributed by atoms with E-state index in [1.807, 2.05) is 42.5 Å². The van der Waals surface area contributed by atoms with Crippen molar-refractivity contribution in [1.82, 2.24) is 4.90 Å². The highest BCUT2D eigenvalue weighted by Crippen LogP contribution is 2.33. The first kappa shape index (κ1) is 16.4. The van der Waals surface area contributed by atoms with Crippen molar-refractivity contribution in [2.24, 2.45) is 0 Å². The van der Waals surface area contributed by atoms with Gasteiger partial charge in [0.2, 0.25) is 0 Å². The SMILES string of the molecule is CN1CC[C@@H](Oc2cc(Cl)ccc2OCc2cccc(Cl)c2)C1. The minimum Gasteiger partial charge on any atom is -0.485 e. The van der Waals surface area contributed by atoms with Gasteiger partial charge in [-0.1, -0.05) is 35.3 Å². The van der Waals surface area contributed by atoms with Gasteiger partial charge in [-0.2, -0.15) is 0 Å². The Kier molecular flexibility index (Phi) is 5.31. The zero-order chi connectivity index (χ0) is 16.2. The molecule has 0 aliphatic carbocycles. The molecule has 1 saturated heterocycles. The maximum atomic E-state index is 6.11. The quantitative estimate of drug-likeness (QED) is 0.782. The van der Waals surface area contributed by atoms with Gasteiger partial charge in [0, 0.05) is 29.2 Å². The Labute approximate surface area is 146 Å². The molecule has 5 heteroatoms. The van der Waals surface area contributed by atoms with Crippen LogP contribution in [0.25, 0.3) is 0 Å². The molecule has 1 atom stereocenters. The Morgan fingerprint density at radius 1 is 1.09 bits per heavy atom. The summed E-state index contributed by atoms with van der Waals surface area (Å²) in [7, 11) is 2.10. The Morgan fingerprint density at radius 2 is 1.91 bits per heavy atom. The smallest absolute Gasteiger partial charge is 0.163 e. The monoisotopic (exact) mass is 351 g/mol. The molecule has 1 fully saturated rings. The van der Waals surface area contributed by atoms with E-state index in [0.29, 0.717) is 28.2 Å². The van der Waals surface area contributed by atoms with E-state index in [0.717, 1.165) is 25.1 Å². The number of hydrogen-bond donors (Lipinski definition) is 0. The second-order valence-electron chi connectivity index (χ2n) is 5.80. The van der Waals surface area contributed by atoms with Crippen LogP contribution >= 0.6 is 23.2 Å². The van der Waals surface area contributed by atoms with E-state index in [9.17, 15) is 0 Å². The highest BCUT2D eigenvalue weighted by Gasteiger charge is 2.22. The van der Waals surface area contributed by atoms with Gasteiger partial charge in [-0.25, -0.2) is 0 Å². The Morgan fingerprint density at radius 3 is 2.65 bits per heavy atom. The second kappa shape index (κ2) is 7.43. The van der Waals surface area contributed by atoms with Crippen molar-refractivity contribution < 1.29 is 9.47 Å². The van der Waals surface area contributed by atoms with Crippen molar-refractivity contribution in [3.8, 4) is 11.5 Å². The lowest BCUT2D eigenvalue weighted by Gasteiger charge is -2.17. The first-order valence-electron chi connectivity index (χ1n) is 7.62. The second-order valence-corrected chi connectivity index (χ2v) is 6.67. The fourth-order valence-electron chi connectivity index (χ4n) is 2.65. The lowest BCUT2D eigenvalue weighted by atomic mass is 10.2. The molecule has 3 nitrogen and oxygen atoms in total. The van der Waals surface area contributed by atoms with Crippen LogP contribution in [0.2, 0.25) is 10.0 Å². The number of likely N-dealkylation sites (tertiary alicyclic amines) is 1. The summed E-state index contributed by atoms with van der Waals surface area (Å²) in [4.78, 5) is 2.25. The average Bonchev–Trinajstić information content (AvgIpc) is 2.92. The van der Waals surface area contributed by atoms with Gasteiger partial charge >= 0.3 is 0 Å². The Bertz CT molecular complexity index is 678. The average molecular weight is 352 g/mol. The van der Waals surface area contributed by atoms with E-state index in [1.165, 1.54) is 0 Å². The van der Waals surface area contributed by atoms with E-state index >= 15 is 0 Å². The molecule has 0 amide bonds. The fourth-order valence-corrected chi connectivity index (χ4v) is 3.03. The molecule has 1 aliphatic rings. The minimum absolute atomic E-state index is 0.173. The van der Waals surface area contributed by atoms with Crippen molar-refractivity contribution in [3.63, 3.8) is 0 Å². The van der Waals surface area contributed by atoms with Gasteiger partial charge in [-0.3, -0.25) is 0 Å². The maximum absolute atomic E-state index is 6.11. The number of ether oxygens (including phenoxy) is 2. The van der Waals surface area contributed by atoms with Crippen LogP contribution in [0.3, 0.4) is 0 Å². The predicted molar refractivity (Wildman–Crippen MR) is 93.8 cm³/mol. The van der Waals surface area contributed by atoms with Gasteiger partial charge in [-0.05, 0) is 43.3 Å². The lowest BCUT2D eigenvalue weighted by Crippen LogP contribution is -2.21. The summed E-state index contributed by atoms with van der Waals surface area (Å²) >= 11 is 12.1. The van der Waals surface area contributed by atoms with Crippen molar-refractivity contribution >= 4 is 23.2 Å². The molecule has 23 heavy (non-hydrogen) atoms. The van der Waals surface area contributed by atoms with Crippen LogP contribution in [0.4, 0.5) is 0 Å². The third kappa shape index (κ3) is 4.54. The normalized spacial score (nSPS) is 18.1. The van der Waals surface area contributed by atoms with Crippen LogP contribution in [0, 0.1) is 0 Å². The standard InChI is InChI=1S/C18H19Cl2NO2/c1-21-8-7-16(11-21)23-18-10-15(20)5-6-17(18)22-12-13-3-2-4-14(19)9-13/h2-6,9-10,16H,7-8,11-12H2,1H3/t16-/m1/s1. The van der Waals surface area contributed by atoms with Crippen molar-refractivity contribution in [2.45, 2.75) is 19.1 Å². The molecule has 3 rings (SSSR count). The van der Waals surface area contributed by atoms with Crippen molar-refractivity contribution in [2.75, 3.05) is 20.1 Å². The summed E-state index contributed by atoms with van der Waals surface area (Å²) < 4.78 is 12.0. The molecule has 0 bridgehead atoms. The first-order valence-corrected chi connectivity index (χ1v) is 8.38. The topological polar surface area (TPSA) is 21.7 Å². The number of benzene rings is 2. The van der Waals surface area contributed by atoms with Crippen LogP contribution in [-0.4, -0.2) is 31.1 Å². The van der Waals surface area contributed by atoms with Gasteiger partial charge in [0.25, 0.3) is 0 Å². The molecule has 0 N–H and O–H groups in total. The van der Waals surface area contributed by atoms with E-state index in [2.05, 4.69) is 11.9 Å². The van der Waals surface area contributed by atoms with Crippen molar-refractivity contribution in [1.29, 1.82) is 0 Å². The molecular formula is C18H19Cl2NO2. The Hall–Kier alpha value is -1.42. The summed E-state index contributed by atoms with van der Waals surface area (Å²) in [6, 6.07) is 13.1. The highest BCUT2D eigenvalue weighted by molar-refractivity contribution is 6.31. The molecule has 1 aliphatic heterocycles. The number of nitrogens with zero attached hydrogens (tertiary/aromatic N) is 1. The number of rotatable bonds is 5. The molecular weight excluding hydrogens is 333 g/mol. The summed E-state index contributed by atoms with van der Waals surface area (Å²) in [6.45, 7) is 2.40. The van der Waals surface area contributed by atoms with Crippen molar-refractivity contribution in [3.05, 3.63) is 58.1 Å².